The van der Waals surface area contributed by atoms with Crippen LogP contribution in [0.3, 0.4) is 0 Å². The molecule has 0 aromatic carbocycles. The van der Waals surface area contributed by atoms with E-state index in [-0.39, 0.29) is 0 Å². The van der Waals surface area contributed by atoms with Crippen molar-refractivity contribution in [2.24, 2.45) is 5.92 Å². The monoisotopic (exact) mass is 266 g/mol. The van der Waals surface area contributed by atoms with Gasteiger partial charge in [-0.15, -0.1) is 4.98 Å². The third-order valence-corrected chi connectivity index (χ3v) is 3.26. The number of nitrogens with one attached hydrogen (secondary N) is 1. The van der Waals surface area contributed by atoms with Crippen LogP contribution in [0.15, 0.2) is 0 Å². The van der Waals surface area contributed by atoms with Crippen LogP contribution in [-0.4, -0.2) is 41.8 Å². The normalized spacial score (nSPS) is 16.2. The highest BCUT2D eigenvalue weighted by molar-refractivity contribution is 5.07. The summed E-state index contributed by atoms with van der Waals surface area (Å²) in [5, 5.41) is 3.57. The van der Waals surface area contributed by atoms with E-state index in [0.717, 1.165) is 31.1 Å². The van der Waals surface area contributed by atoms with Crippen LogP contribution < -0.4 is 14.8 Å². The lowest BCUT2D eigenvalue weighted by molar-refractivity contribution is 0.333. The van der Waals surface area contributed by atoms with Crippen molar-refractivity contribution >= 4 is 0 Å². The number of methoxy groups -OCH3 is 2. The van der Waals surface area contributed by atoms with Gasteiger partial charge in [0, 0.05) is 12.5 Å². The second-order valence-electron chi connectivity index (χ2n) is 4.83. The molecule has 106 valence electrons. The number of ether oxygens (including phenoxy) is 2. The van der Waals surface area contributed by atoms with Crippen molar-refractivity contribution in [2.75, 3.05) is 20.8 Å². The van der Waals surface area contributed by atoms with Crippen LogP contribution in [-0.2, 0) is 6.42 Å². The van der Waals surface area contributed by atoms with Gasteiger partial charge >= 0.3 is 12.0 Å². The van der Waals surface area contributed by atoms with Crippen LogP contribution in [0.5, 0.6) is 12.0 Å². The van der Waals surface area contributed by atoms with E-state index in [4.69, 9.17) is 9.47 Å². The van der Waals surface area contributed by atoms with Crippen LogP contribution in [0.2, 0.25) is 0 Å². The highest BCUT2D eigenvalue weighted by atomic mass is 16.5. The van der Waals surface area contributed by atoms with Crippen LogP contribution in [0, 0.1) is 5.92 Å². The molecule has 6 heteroatoms. The molecule has 1 aromatic heterocycles. The summed E-state index contributed by atoms with van der Waals surface area (Å²) in [7, 11) is 3.10. The molecule has 2 rings (SSSR count). The molecular formula is C13H22N4O2. The third kappa shape index (κ3) is 4.02. The van der Waals surface area contributed by atoms with E-state index >= 15 is 0 Å². The first-order chi connectivity index (χ1) is 9.26. The van der Waals surface area contributed by atoms with Crippen LogP contribution in [0.4, 0.5) is 0 Å². The Labute approximate surface area is 114 Å². The van der Waals surface area contributed by atoms with Gasteiger partial charge in [-0.3, -0.25) is 0 Å². The van der Waals surface area contributed by atoms with Gasteiger partial charge in [-0.25, -0.2) is 0 Å². The van der Waals surface area contributed by atoms with Crippen molar-refractivity contribution < 1.29 is 9.47 Å². The van der Waals surface area contributed by atoms with E-state index < -0.39 is 0 Å². The predicted octanol–water partition coefficient (Wildman–Crippen LogP) is 1.21. The lowest BCUT2D eigenvalue weighted by Crippen LogP contribution is -2.34. The zero-order valence-corrected chi connectivity index (χ0v) is 11.8. The Kier molecular flexibility index (Phi) is 4.90. The molecule has 1 aliphatic carbocycles. The Hall–Kier alpha value is -1.43. The fraction of sp³-hybridized carbons (Fsp3) is 0.769. The average Bonchev–Trinajstić information content (AvgIpc) is 3.27. The zero-order chi connectivity index (χ0) is 13.7. The van der Waals surface area contributed by atoms with Gasteiger partial charge in [-0.1, -0.05) is 6.92 Å². The SMILES string of the molecule is CCCNC(Cc1nc(OC)nc(OC)n1)C1CC1. The minimum absolute atomic E-state index is 0.312. The predicted molar refractivity (Wildman–Crippen MR) is 71.4 cm³/mol. The van der Waals surface area contributed by atoms with Gasteiger partial charge in [-0.2, -0.15) is 9.97 Å². The summed E-state index contributed by atoms with van der Waals surface area (Å²) in [6.45, 7) is 3.20. The quantitative estimate of drug-likeness (QED) is 0.762. The van der Waals surface area contributed by atoms with E-state index in [1.54, 1.807) is 14.2 Å². The molecular weight excluding hydrogens is 244 g/mol. The van der Waals surface area contributed by atoms with E-state index in [0.29, 0.717) is 18.1 Å². The smallest absolute Gasteiger partial charge is 0.322 e. The molecule has 19 heavy (non-hydrogen) atoms. The van der Waals surface area contributed by atoms with Crippen molar-refractivity contribution in [1.29, 1.82) is 0 Å². The zero-order valence-electron chi connectivity index (χ0n) is 11.8. The number of hydrogen-bond acceptors (Lipinski definition) is 6. The number of aromatic nitrogens is 3. The second-order valence-corrected chi connectivity index (χ2v) is 4.83. The van der Waals surface area contributed by atoms with E-state index in [1.807, 2.05) is 0 Å². The van der Waals surface area contributed by atoms with Crippen molar-refractivity contribution in [2.45, 2.75) is 38.6 Å². The molecule has 0 spiro atoms. The Morgan fingerprint density at radius 2 is 1.79 bits per heavy atom. The van der Waals surface area contributed by atoms with Crippen molar-refractivity contribution in [3.8, 4) is 12.0 Å². The maximum atomic E-state index is 5.07. The summed E-state index contributed by atoms with van der Waals surface area (Å²) < 4.78 is 10.1. The summed E-state index contributed by atoms with van der Waals surface area (Å²) in [5.41, 5.74) is 0. The van der Waals surface area contributed by atoms with Crippen LogP contribution in [0.25, 0.3) is 0 Å². The Bertz CT molecular complexity index is 387. The lowest BCUT2D eigenvalue weighted by atomic mass is 10.1. The number of nitrogens with zero attached hydrogens (tertiary/aromatic N) is 3. The van der Waals surface area contributed by atoms with Crippen molar-refractivity contribution in [3.05, 3.63) is 5.82 Å². The van der Waals surface area contributed by atoms with Crippen LogP contribution >= 0.6 is 0 Å². The molecule has 0 radical (unpaired) electrons. The maximum absolute atomic E-state index is 5.07. The van der Waals surface area contributed by atoms with Crippen molar-refractivity contribution in [3.63, 3.8) is 0 Å². The van der Waals surface area contributed by atoms with Gasteiger partial charge in [-0.05, 0) is 31.7 Å². The third-order valence-electron chi connectivity index (χ3n) is 3.26. The Morgan fingerprint density at radius 3 is 2.26 bits per heavy atom. The molecule has 1 aromatic rings. The van der Waals surface area contributed by atoms with Crippen LogP contribution in [0.1, 0.15) is 32.0 Å². The molecule has 1 fully saturated rings. The topological polar surface area (TPSA) is 69.2 Å². The molecule has 0 amide bonds. The first-order valence-corrected chi connectivity index (χ1v) is 6.83. The van der Waals surface area contributed by atoms with Crippen molar-refractivity contribution in [1.82, 2.24) is 20.3 Å². The first kappa shape index (κ1) is 14.0. The fourth-order valence-corrected chi connectivity index (χ4v) is 2.08. The van der Waals surface area contributed by atoms with E-state index in [1.165, 1.54) is 12.8 Å². The van der Waals surface area contributed by atoms with Gasteiger partial charge < -0.3 is 14.8 Å². The number of hydrogen-bond donors (Lipinski definition) is 1. The highest BCUT2D eigenvalue weighted by Gasteiger charge is 2.31. The Balaban J connectivity index is 2.06. The van der Waals surface area contributed by atoms with Gasteiger partial charge in [0.05, 0.1) is 14.2 Å². The summed E-state index contributed by atoms with van der Waals surface area (Å²) >= 11 is 0. The lowest BCUT2D eigenvalue weighted by Gasteiger charge is -2.17. The van der Waals surface area contributed by atoms with Gasteiger partial charge in [0.1, 0.15) is 5.82 Å². The van der Waals surface area contributed by atoms with Gasteiger partial charge in [0.15, 0.2) is 0 Å². The second kappa shape index (κ2) is 6.65. The minimum Gasteiger partial charge on any atom is -0.467 e. The average molecular weight is 266 g/mol. The highest BCUT2D eigenvalue weighted by Crippen LogP contribution is 2.33. The van der Waals surface area contributed by atoms with Gasteiger partial charge in [0.25, 0.3) is 0 Å². The first-order valence-electron chi connectivity index (χ1n) is 6.83. The summed E-state index contributed by atoms with van der Waals surface area (Å²) in [4.78, 5) is 12.6. The fourth-order valence-electron chi connectivity index (χ4n) is 2.08. The molecule has 0 saturated heterocycles. The molecule has 1 unspecified atom stereocenters. The maximum Gasteiger partial charge on any atom is 0.322 e. The summed E-state index contributed by atoms with van der Waals surface area (Å²) in [6.07, 6.45) is 4.51. The molecule has 1 N–H and O–H groups in total. The summed E-state index contributed by atoms with van der Waals surface area (Å²) in [5.74, 6) is 1.48. The molecule has 1 atom stereocenters. The molecule has 6 nitrogen and oxygen atoms in total. The van der Waals surface area contributed by atoms with Gasteiger partial charge in [0.2, 0.25) is 0 Å². The van der Waals surface area contributed by atoms with E-state index in [9.17, 15) is 0 Å². The minimum atomic E-state index is 0.312. The largest absolute Gasteiger partial charge is 0.467 e. The number of rotatable bonds is 8. The Morgan fingerprint density at radius 1 is 1.16 bits per heavy atom. The molecule has 1 aliphatic rings. The molecule has 0 aliphatic heterocycles. The van der Waals surface area contributed by atoms with E-state index in [2.05, 4.69) is 27.2 Å². The molecule has 0 bridgehead atoms. The molecule has 1 heterocycles. The summed E-state index contributed by atoms with van der Waals surface area (Å²) in [6, 6.07) is 1.07. The standard InChI is InChI=1S/C13H22N4O2/c1-4-7-14-10(9-5-6-9)8-11-15-12(18-2)17-13(16-11)19-3/h9-10,14H,4-8H2,1-3H3. The molecule has 1 saturated carbocycles.